The van der Waals surface area contributed by atoms with Gasteiger partial charge in [-0.25, -0.2) is 4.39 Å². The molecule has 0 N–H and O–H groups in total. The minimum Gasteiger partial charge on any atom is -0.487 e. The fourth-order valence-electron chi connectivity index (χ4n) is 4.61. The highest BCUT2D eigenvalue weighted by Gasteiger charge is 2.38. The summed E-state index contributed by atoms with van der Waals surface area (Å²) < 4.78 is 19.6. The van der Waals surface area contributed by atoms with Crippen LogP contribution in [0.15, 0.2) is 18.5 Å². The van der Waals surface area contributed by atoms with E-state index in [9.17, 15) is 9.18 Å². The number of hydrogen-bond acceptors (Lipinski definition) is 5. The van der Waals surface area contributed by atoms with Crippen molar-refractivity contribution < 1.29 is 13.9 Å². The van der Waals surface area contributed by atoms with E-state index in [1.54, 1.807) is 6.20 Å². The van der Waals surface area contributed by atoms with E-state index in [1.807, 2.05) is 0 Å². The molecular weight excluding hydrogens is 333 g/mol. The van der Waals surface area contributed by atoms with Crippen LogP contribution < -0.4 is 4.74 Å². The first kappa shape index (κ1) is 17.9. The quantitative estimate of drug-likeness (QED) is 0.754. The van der Waals surface area contributed by atoms with E-state index in [1.165, 1.54) is 31.5 Å². The van der Waals surface area contributed by atoms with Crippen LogP contribution in [-0.2, 0) is 4.79 Å². The van der Waals surface area contributed by atoms with Gasteiger partial charge in [0.25, 0.3) is 0 Å². The first-order valence-corrected chi connectivity index (χ1v) is 9.93. The maximum Gasteiger partial charge on any atom is 0.145 e. The van der Waals surface area contributed by atoms with Gasteiger partial charge in [-0.2, -0.15) is 0 Å². The van der Waals surface area contributed by atoms with Crippen LogP contribution in [0.4, 0.5) is 4.39 Å². The number of halogens is 1. The summed E-state index contributed by atoms with van der Waals surface area (Å²) in [6.45, 7) is 4.24. The second-order valence-corrected chi connectivity index (χ2v) is 7.93. The average Bonchev–Trinajstić information content (AvgIpc) is 2.61. The molecule has 1 aliphatic heterocycles. The molecule has 2 heterocycles. The summed E-state index contributed by atoms with van der Waals surface area (Å²) in [6.07, 6.45) is 10.4. The van der Waals surface area contributed by atoms with Gasteiger partial charge in [-0.3, -0.25) is 14.8 Å². The molecule has 0 radical (unpaired) electrons. The smallest absolute Gasteiger partial charge is 0.145 e. The number of rotatable bonds is 5. The maximum absolute atomic E-state index is 13.4. The zero-order valence-electron chi connectivity index (χ0n) is 15.2. The molecule has 4 rings (SSSR count). The summed E-state index contributed by atoms with van der Waals surface area (Å²) in [6, 6.07) is 2.40. The van der Waals surface area contributed by atoms with Gasteiger partial charge in [0, 0.05) is 50.2 Å². The third kappa shape index (κ3) is 3.91. The number of aldehydes is 1. The molecule has 0 bridgehead atoms. The third-order valence-electron chi connectivity index (χ3n) is 6.36. The lowest BCUT2D eigenvalue weighted by atomic mass is 9.83. The zero-order valence-corrected chi connectivity index (χ0v) is 15.2. The fourth-order valence-corrected chi connectivity index (χ4v) is 4.61. The van der Waals surface area contributed by atoms with Crippen LogP contribution in [0.25, 0.3) is 0 Å². The van der Waals surface area contributed by atoms with Crippen molar-refractivity contribution in [3.63, 3.8) is 0 Å². The van der Waals surface area contributed by atoms with E-state index in [0.29, 0.717) is 5.75 Å². The normalized spacial score (nSPS) is 31.3. The van der Waals surface area contributed by atoms with Crippen LogP contribution in [0.1, 0.15) is 38.5 Å². The number of nitrogens with zero attached hydrogens (tertiary/aromatic N) is 3. The monoisotopic (exact) mass is 361 g/mol. The van der Waals surface area contributed by atoms with Crippen LogP contribution in [0, 0.1) is 11.7 Å². The van der Waals surface area contributed by atoms with Gasteiger partial charge in [0.2, 0.25) is 0 Å². The lowest BCUT2D eigenvalue weighted by molar-refractivity contribution is -0.114. The highest BCUT2D eigenvalue weighted by Crippen LogP contribution is 2.32. The van der Waals surface area contributed by atoms with Crippen LogP contribution in [0.5, 0.6) is 5.75 Å². The van der Waals surface area contributed by atoms with Gasteiger partial charge in [-0.15, -0.1) is 0 Å². The van der Waals surface area contributed by atoms with Crippen molar-refractivity contribution >= 4 is 6.29 Å². The molecule has 3 aliphatic rings. The summed E-state index contributed by atoms with van der Waals surface area (Å²) in [4.78, 5) is 20.4. The van der Waals surface area contributed by atoms with E-state index >= 15 is 0 Å². The first-order chi connectivity index (χ1) is 12.7. The number of carbonyl (C=O) groups excluding carboxylic acids is 1. The van der Waals surface area contributed by atoms with Crippen molar-refractivity contribution in [3.05, 3.63) is 24.3 Å². The largest absolute Gasteiger partial charge is 0.487 e. The molecule has 26 heavy (non-hydrogen) atoms. The van der Waals surface area contributed by atoms with Crippen LogP contribution >= 0.6 is 0 Å². The number of pyridine rings is 1. The predicted molar refractivity (Wildman–Crippen MR) is 96.6 cm³/mol. The van der Waals surface area contributed by atoms with Crippen LogP contribution in [0.2, 0.25) is 0 Å². The summed E-state index contributed by atoms with van der Waals surface area (Å²) >= 11 is 0. The number of carbonyl (C=O) groups is 1. The molecule has 1 aromatic rings. The fraction of sp³-hybridized carbons (Fsp3) is 0.700. The summed E-state index contributed by atoms with van der Waals surface area (Å²) in [5, 5.41) is 0. The molecule has 1 saturated heterocycles. The van der Waals surface area contributed by atoms with Gasteiger partial charge in [-0.1, -0.05) is 6.42 Å². The lowest BCUT2D eigenvalue weighted by Crippen LogP contribution is -2.58. The molecule has 3 atom stereocenters. The van der Waals surface area contributed by atoms with Gasteiger partial charge >= 0.3 is 0 Å². The van der Waals surface area contributed by atoms with E-state index in [2.05, 4.69) is 14.8 Å². The molecule has 0 spiro atoms. The van der Waals surface area contributed by atoms with Crippen molar-refractivity contribution in [2.75, 3.05) is 26.2 Å². The van der Waals surface area contributed by atoms with Crippen molar-refractivity contribution in [1.82, 2.24) is 14.8 Å². The number of aromatic nitrogens is 1. The minimum absolute atomic E-state index is 0.00921. The Morgan fingerprint density at radius 3 is 2.50 bits per heavy atom. The molecule has 5 nitrogen and oxygen atoms in total. The molecule has 3 unspecified atom stereocenters. The average molecular weight is 361 g/mol. The van der Waals surface area contributed by atoms with E-state index in [-0.39, 0.29) is 23.9 Å². The molecule has 2 aliphatic carbocycles. The van der Waals surface area contributed by atoms with Gasteiger partial charge in [-0.05, 0) is 32.1 Å². The minimum atomic E-state index is -0.380. The predicted octanol–water partition coefficient (Wildman–Crippen LogP) is 2.51. The molecule has 6 heteroatoms. The number of hydrogen-bond donors (Lipinski definition) is 0. The Kier molecular flexibility index (Phi) is 5.50. The number of ether oxygens (including phenoxy) is 1. The second kappa shape index (κ2) is 8.01. The highest BCUT2D eigenvalue weighted by atomic mass is 19.1. The van der Waals surface area contributed by atoms with Crippen LogP contribution in [0.3, 0.4) is 0 Å². The number of piperazine rings is 1. The second-order valence-electron chi connectivity index (χ2n) is 7.93. The first-order valence-electron chi connectivity index (χ1n) is 9.93. The molecule has 142 valence electrons. The molecule has 0 amide bonds. The van der Waals surface area contributed by atoms with Crippen molar-refractivity contribution in [1.29, 1.82) is 0 Å². The van der Waals surface area contributed by atoms with E-state index in [4.69, 9.17) is 4.74 Å². The Balaban J connectivity index is 1.42. The SMILES string of the molecule is O=CC1CCC(Oc2cncc(F)c2)C(N2CCN(C3CCC3)CC2)C1. The molecular formula is C20H28FN3O2. The highest BCUT2D eigenvalue weighted by molar-refractivity contribution is 5.53. The van der Waals surface area contributed by atoms with Gasteiger partial charge < -0.3 is 9.53 Å². The Hall–Kier alpha value is -1.53. The van der Waals surface area contributed by atoms with E-state index < -0.39 is 0 Å². The zero-order chi connectivity index (χ0) is 17.9. The Bertz CT molecular complexity index is 617. The summed E-state index contributed by atoms with van der Waals surface area (Å²) in [5.41, 5.74) is 0. The lowest BCUT2D eigenvalue weighted by Gasteiger charge is -2.47. The molecule has 2 saturated carbocycles. The van der Waals surface area contributed by atoms with Gasteiger partial charge in [0.1, 0.15) is 24.0 Å². The van der Waals surface area contributed by atoms with Crippen molar-refractivity contribution in [2.24, 2.45) is 5.92 Å². The molecule has 3 fully saturated rings. The maximum atomic E-state index is 13.4. The Morgan fingerprint density at radius 2 is 1.85 bits per heavy atom. The van der Waals surface area contributed by atoms with Gasteiger partial charge in [0.15, 0.2) is 0 Å². The summed E-state index contributed by atoms with van der Waals surface area (Å²) in [7, 11) is 0. The summed E-state index contributed by atoms with van der Waals surface area (Å²) in [5.74, 6) is 0.211. The van der Waals surface area contributed by atoms with Crippen molar-refractivity contribution in [3.8, 4) is 5.75 Å². The third-order valence-corrected chi connectivity index (χ3v) is 6.36. The molecule has 0 aromatic carbocycles. The Morgan fingerprint density at radius 1 is 1.08 bits per heavy atom. The topological polar surface area (TPSA) is 45.7 Å². The standard InChI is InChI=1S/C20H28FN3O2/c21-16-11-18(13-22-12-16)26-20-5-4-15(14-25)10-19(20)24-8-6-23(7-9-24)17-2-1-3-17/h11-15,17,19-20H,1-10H2. The molecule has 1 aromatic heterocycles. The van der Waals surface area contributed by atoms with Crippen LogP contribution in [-0.4, -0.2) is 65.4 Å². The van der Waals surface area contributed by atoms with Crippen molar-refractivity contribution in [2.45, 2.75) is 56.7 Å². The van der Waals surface area contributed by atoms with E-state index in [0.717, 1.165) is 57.8 Å². The Labute approximate surface area is 154 Å². The van der Waals surface area contributed by atoms with Gasteiger partial charge in [0.05, 0.1) is 12.4 Å².